The normalized spacial score (nSPS) is 17.6. The number of hydrogen-bond donors (Lipinski definition) is 1. The Morgan fingerprint density at radius 3 is 2.66 bits per heavy atom. The number of fused-ring (bicyclic) bond motifs is 1. The number of ether oxygens (including phenoxy) is 1. The fraction of sp³-hybridized carbons (Fsp3) is 0.320. The Kier molecular flexibility index (Phi) is 6.54. The molecule has 4 rings (SSSR count). The van der Waals surface area contributed by atoms with Crippen LogP contribution in [-0.2, 0) is 17.8 Å². The molecular weight excluding hydrogens is 404 g/mol. The lowest BCUT2D eigenvalue weighted by molar-refractivity contribution is -0.117. The molecule has 0 bridgehead atoms. The van der Waals surface area contributed by atoms with Gasteiger partial charge in [0.15, 0.2) is 0 Å². The van der Waals surface area contributed by atoms with E-state index in [-0.39, 0.29) is 18.0 Å². The molecule has 7 heteroatoms. The zero-order chi connectivity index (χ0) is 22.5. The van der Waals surface area contributed by atoms with Crippen LogP contribution in [0.1, 0.15) is 24.5 Å². The maximum atomic E-state index is 13.3. The number of nitrogens with zero attached hydrogens (tertiary/aromatic N) is 3. The highest BCUT2D eigenvalue weighted by Gasteiger charge is 2.40. The van der Waals surface area contributed by atoms with E-state index in [1.807, 2.05) is 49.4 Å². The maximum absolute atomic E-state index is 13.3. The largest absolute Gasteiger partial charge is 0.496 e. The van der Waals surface area contributed by atoms with Crippen LogP contribution in [0.5, 0.6) is 5.75 Å². The summed E-state index contributed by atoms with van der Waals surface area (Å²) in [5.41, 5.74) is 2.44. The van der Waals surface area contributed by atoms with Crippen molar-refractivity contribution in [1.29, 1.82) is 0 Å². The highest BCUT2D eigenvalue weighted by Crippen LogP contribution is 2.27. The molecule has 0 fully saturated rings. The topological polar surface area (TPSA) is 74.2 Å². The number of urea groups is 1. The molecule has 32 heavy (non-hydrogen) atoms. The van der Waals surface area contributed by atoms with Gasteiger partial charge in [-0.25, -0.2) is 4.79 Å². The van der Waals surface area contributed by atoms with E-state index in [2.05, 4.69) is 17.4 Å². The molecule has 1 atom stereocenters. The number of carbonyl (C=O) groups excluding carboxylic acids is 2. The van der Waals surface area contributed by atoms with Crippen LogP contribution in [0.3, 0.4) is 0 Å². The molecule has 1 N–H and O–H groups in total. The predicted octanol–water partition coefficient (Wildman–Crippen LogP) is 3.37. The molecule has 2 aromatic rings. The molecule has 0 saturated heterocycles. The van der Waals surface area contributed by atoms with E-state index in [1.165, 1.54) is 0 Å². The summed E-state index contributed by atoms with van der Waals surface area (Å²) in [7, 11) is 1.61. The summed E-state index contributed by atoms with van der Waals surface area (Å²) >= 11 is 0. The number of amides is 3. The molecule has 2 heterocycles. The van der Waals surface area contributed by atoms with Crippen LogP contribution in [0.4, 0.5) is 4.79 Å². The SMILES string of the molecule is CCCNC(=O)C1=CN(Cc2ccccc2OC)C(=O)N2C[C@@H](Cc3ccccc3)N=C12. The lowest BCUT2D eigenvalue weighted by atomic mass is 10.1. The standard InChI is InChI=1S/C25H28N4O3/c1-3-13-26-24(30)21-17-28(15-19-11-7-8-12-22(19)32-2)25(31)29-16-20(27-23(21)29)14-18-9-5-4-6-10-18/h4-12,17,20H,3,13-16H2,1-2H3,(H,26,30)/t20-/m1/s1. The number of hydrogen-bond acceptors (Lipinski definition) is 4. The molecule has 166 valence electrons. The Hall–Kier alpha value is -3.61. The third-order valence-electron chi connectivity index (χ3n) is 5.58. The van der Waals surface area contributed by atoms with Crippen LogP contribution in [0.25, 0.3) is 0 Å². The van der Waals surface area contributed by atoms with Gasteiger partial charge < -0.3 is 10.1 Å². The number of carbonyl (C=O) groups is 2. The van der Waals surface area contributed by atoms with Crippen LogP contribution < -0.4 is 10.1 Å². The van der Waals surface area contributed by atoms with Gasteiger partial charge in [0.2, 0.25) is 0 Å². The maximum Gasteiger partial charge on any atom is 0.330 e. The number of methoxy groups -OCH3 is 1. The van der Waals surface area contributed by atoms with Crippen LogP contribution in [0.2, 0.25) is 0 Å². The van der Waals surface area contributed by atoms with Crippen LogP contribution in [0, 0.1) is 0 Å². The van der Waals surface area contributed by atoms with Gasteiger partial charge in [-0.15, -0.1) is 0 Å². The van der Waals surface area contributed by atoms with Gasteiger partial charge in [-0.1, -0.05) is 55.5 Å². The molecule has 0 spiro atoms. The van der Waals surface area contributed by atoms with Crippen LogP contribution >= 0.6 is 0 Å². The smallest absolute Gasteiger partial charge is 0.330 e. The second-order valence-electron chi connectivity index (χ2n) is 7.93. The summed E-state index contributed by atoms with van der Waals surface area (Å²) in [6.07, 6.45) is 3.17. The van der Waals surface area contributed by atoms with Crippen molar-refractivity contribution in [3.63, 3.8) is 0 Å². The van der Waals surface area contributed by atoms with E-state index >= 15 is 0 Å². The van der Waals surface area contributed by atoms with Crippen molar-refractivity contribution in [3.05, 3.63) is 77.5 Å². The van der Waals surface area contributed by atoms with Gasteiger partial charge in [-0.2, -0.15) is 0 Å². The first kappa shape index (κ1) is 21.6. The predicted molar refractivity (Wildman–Crippen MR) is 123 cm³/mol. The Labute approximate surface area is 188 Å². The molecular formula is C25H28N4O3. The number of benzene rings is 2. The number of nitrogens with one attached hydrogen (secondary N) is 1. The molecule has 3 amide bonds. The van der Waals surface area contributed by atoms with Gasteiger partial charge >= 0.3 is 6.03 Å². The van der Waals surface area contributed by atoms with Crippen LogP contribution in [0.15, 0.2) is 71.4 Å². The third kappa shape index (κ3) is 4.51. The molecule has 0 aromatic heterocycles. The fourth-order valence-corrected chi connectivity index (χ4v) is 4.01. The van der Waals surface area contributed by atoms with Crippen molar-refractivity contribution >= 4 is 17.8 Å². The average molecular weight is 433 g/mol. The lowest BCUT2D eigenvalue weighted by Crippen LogP contribution is -2.49. The van der Waals surface area contributed by atoms with Gasteiger partial charge in [0.25, 0.3) is 5.91 Å². The van der Waals surface area contributed by atoms with E-state index < -0.39 is 0 Å². The van der Waals surface area contributed by atoms with Crippen molar-refractivity contribution < 1.29 is 14.3 Å². The zero-order valence-electron chi connectivity index (χ0n) is 18.5. The van der Waals surface area contributed by atoms with Crippen molar-refractivity contribution in [2.75, 3.05) is 20.2 Å². The van der Waals surface area contributed by atoms with Gasteiger partial charge in [0, 0.05) is 18.3 Å². The Morgan fingerprint density at radius 1 is 1.16 bits per heavy atom. The van der Waals surface area contributed by atoms with Crippen LogP contribution in [-0.4, -0.2) is 53.8 Å². The third-order valence-corrected chi connectivity index (χ3v) is 5.58. The number of para-hydroxylation sites is 1. The summed E-state index contributed by atoms with van der Waals surface area (Å²) in [6, 6.07) is 17.4. The minimum atomic E-state index is -0.214. The van der Waals surface area contributed by atoms with Crippen molar-refractivity contribution in [3.8, 4) is 5.75 Å². The molecule has 0 radical (unpaired) electrons. The summed E-state index contributed by atoms with van der Waals surface area (Å²) in [5, 5.41) is 2.92. The Morgan fingerprint density at radius 2 is 1.91 bits per heavy atom. The second-order valence-corrected chi connectivity index (χ2v) is 7.93. The molecule has 0 aliphatic carbocycles. The first-order chi connectivity index (χ1) is 15.6. The van der Waals surface area contributed by atoms with E-state index in [0.29, 0.717) is 43.2 Å². The van der Waals surface area contributed by atoms with E-state index in [9.17, 15) is 9.59 Å². The highest BCUT2D eigenvalue weighted by molar-refractivity contribution is 6.25. The van der Waals surface area contributed by atoms with E-state index in [0.717, 1.165) is 17.5 Å². The zero-order valence-corrected chi connectivity index (χ0v) is 18.5. The minimum Gasteiger partial charge on any atom is -0.496 e. The number of amidine groups is 1. The van der Waals surface area contributed by atoms with Gasteiger partial charge in [0.05, 0.1) is 31.8 Å². The Bertz CT molecular complexity index is 1050. The van der Waals surface area contributed by atoms with Gasteiger partial charge in [-0.3, -0.25) is 19.6 Å². The van der Waals surface area contributed by atoms with Crippen molar-refractivity contribution in [2.45, 2.75) is 32.4 Å². The monoisotopic (exact) mass is 432 g/mol. The average Bonchev–Trinajstić information content (AvgIpc) is 3.24. The van der Waals surface area contributed by atoms with E-state index in [4.69, 9.17) is 9.73 Å². The van der Waals surface area contributed by atoms with Gasteiger partial charge in [0.1, 0.15) is 11.6 Å². The fourth-order valence-electron chi connectivity index (χ4n) is 4.01. The molecule has 2 aliphatic rings. The first-order valence-corrected chi connectivity index (χ1v) is 10.9. The second kappa shape index (κ2) is 9.68. The van der Waals surface area contributed by atoms with E-state index in [1.54, 1.807) is 23.1 Å². The summed E-state index contributed by atoms with van der Waals surface area (Å²) < 4.78 is 5.44. The quantitative estimate of drug-likeness (QED) is 0.695. The first-order valence-electron chi connectivity index (χ1n) is 10.9. The lowest BCUT2D eigenvalue weighted by Gasteiger charge is -2.32. The molecule has 7 nitrogen and oxygen atoms in total. The summed E-state index contributed by atoms with van der Waals surface area (Å²) in [6.45, 7) is 3.32. The Balaban J connectivity index is 1.62. The number of rotatable bonds is 8. The summed E-state index contributed by atoms with van der Waals surface area (Å²) in [5.74, 6) is 0.947. The van der Waals surface area contributed by atoms with Crippen molar-refractivity contribution in [2.24, 2.45) is 4.99 Å². The summed E-state index contributed by atoms with van der Waals surface area (Å²) in [4.78, 5) is 34.3. The molecule has 0 unspecified atom stereocenters. The van der Waals surface area contributed by atoms with Gasteiger partial charge in [-0.05, 0) is 24.5 Å². The number of aliphatic imine (C=N–C) groups is 1. The molecule has 2 aliphatic heterocycles. The molecule has 0 saturated carbocycles. The minimum absolute atomic E-state index is 0.0927. The highest BCUT2D eigenvalue weighted by atomic mass is 16.5. The van der Waals surface area contributed by atoms with Crippen molar-refractivity contribution in [1.82, 2.24) is 15.1 Å². The molecule has 2 aromatic carbocycles.